The fourth-order valence-electron chi connectivity index (χ4n) is 0.655. The first kappa shape index (κ1) is 14.6. The van der Waals surface area contributed by atoms with Crippen molar-refractivity contribution in [3.05, 3.63) is 5.21 Å². The van der Waals surface area contributed by atoms with Crippen molar-refractivity contribution in [3.8, 4) is 0 Å². The van der Waals surface area contributed by atoms with Crippen LogP contribution in [0.15, 0.2) is 0 Å². The molecule has 0 radical (unpaired) electrons. The van der Waals surface area contributed by atoms with E-state index in [1.165, 1.54) is 13.6 Å². The Morgan fingerprint density at radius 2 is 2.07 bits per heavy atom. The van der Waals surface area contributed by atoms with E-state index in [-0.39, 0.29) is 25.1 Å². The van der Waals surface area contributed by atoms with Gasteiger partial charge in [0.2, 0.25) is 0 Å². The Balaban J connectivity index is 3.85. The van der Waals surface area contributed by atoms with E-state index in [1.54, 1.807) is 6.92 Å². The minimum atomic E-state index is -3.23. The molecule has 0 aromatic carbocycles. The number of hydrogen-bond acceptors (Lipinski definition) is 5. The molecule has 90 valence electrons. The Morgan fingerprint density at radius 3 is 2.47 bits per heavy atom. The van der Waals surface area contributed by atoms with Crippen LogP contribution >= 0.6 is 7.52 Å². The van der Waals surface area contributed by atoms with Crippen LogP contribution < -0.4 is 0 Å². The quantitative estimate of drug-likeness (QED) is 0.396. The smallest absolute Gasteiger partial charge is 0.302 e. The minimum absolute atomic E-state index is 0.0953. The van der Waals surface area contributed by atoms with E-state index in [2.05, 4.69) is 0 Å². The fraction of sp³-hybridized carbons (Fsp3) is 0.875. The summed E-state index contributed by atoms with van der Waals surface area (Å²) < 4.78 is 21.1. The molecule has 0 saturated heterocycles. The third-order valence-corrected chi connectivity index (χ3v) is 3.33. The number of hydroxylamine groups is 1. The number of hydrogen-bond donors (Lipinski definition) is 0. The van der Waals surface area contributed by atoms with Crippen LogP contribution in [0.3, 0.4) is 0 Å². The summed E-state index contributed by atoms with van der Waals surface area (Å²) in [5.41, 5.74) is 0. The molecule has 15 heavy (non-hydrogen) atoms. The lowest BCUT2D eigenvalue weighted by Gasteiger charge is -2.30. The summed E-state index contributed by atoms with van der Waals surface area (Å²) in [6.07, 6.45) is 0. The maximum absolute atomic E-state index is 11.4. The van der Waals surface area contributed by atoms with Crippen LogP contribution in [0, 0.1) is 11.1 Å². The molecule has 0 spiro atoms. The van der Waals surface area contributed by atoms with Crippen molar-refractivity contribution in [1.29, 1.82) is 0 Å². The van der Waals surface area contributed by atoms with Crippen LogP contribution in [0.2, 0.25) is 0 Å². The minimum Gasteiger partial charge on any atom is -0.778 e. The molecule has 0 aliphatic carbocycles. The molecule has 0 aliphatic heterocycles. The molecule has 0 fully saturated rings. The van der Waals surface area contributed by atoms with Gasteiger partial charge in [-0.3, -0.25) is 9.36 Å². The number of nitrogens with zero attached hydrogens (tertiary/aromatic N) is 1. The van der Waals surface area contributed by atoms with Crippen molar-refractivity contribution in [1.82, 2.24) is 4.83 Å². The van der Waals surface area contributed by atoms with E-state index in [0.717, 1.165) is 7.05 Å². The molecule has 0 heterocycles. The van der Waals surface area contributed by atoms with Crippen LogP contribution in [0.4, 0.5) is 0 Å². The van der Waals surface area contributed by atoms with Gasteiger partial charge in [-0.15, -0.1) is 0 Å². The molecular weight excluding hydrogens is 221 g/mol. The molecule has 0 rings (SSSR count). The van der Waals surface area contributed by atoms with Crippen LogP contribution in [0.5, 0.6) is 0 Å². The van der Waals surface area contributed by atoms with E-state index >= 15 is 0 Å². The lowest BCUT2D eigenvalue weighted by Crippen LogP contribution is -2.16. The number of ether oxygens (including phenoxy) is 1. The number of rotatable bonds is 6. The lowest BCUT2D eigenvalue weighted by atomic mass is 10.2. The summed E-state index contributed by atoms with van der Waals surface area (Å²) in [5, 5.41) is 10.8. The van der Waals surface area contributed by atoms with Gasteiger partial charge >= 0.3 is 5.97 Å². The zero-order valence-corrected chi connectivity index (χ0v) is 10.3. The monoisotopic (exact) mass is 238 g/mol. The second-order valence-corrected chi connectivity index (χ2v) is 5.90. The summed E-state index contributed by atoms with van der Waals surface area (Å²) in [5.74, 6) is -0.468. The topological polar surface area (TPSA) is 78.9 Å². The molecule has 0 bridgehead atoms. The van der Waals surface area contributed by atoms with Gasteiger partial charge < -0.3 is 19.3 Å². The van der Waals surface area contributed by atoms with Crippen molar-refractivity contribution in [3.63, 3.8) is 0 Å². The molecule has 2 atom stereocenters. The molecule has 2 unspecified atom stereocenters. The van der Waals surface area contributed by atoms with Gasteiger partial charge in [0.15, 0.2) is 0 Å². The van der Waals surface area contributed by atoms with Gasteiger partial charge in [0.05, 0.1) is 13.2 Å². The second-order valence-electron chi connectivity index (χ2n) is 3.47. The molecule has 0 aromatic heterocycles. The average Bonchev–Trinajstić information content (AvgIpc) is 2.11. The first-order chi connectivity index (χ1) is 6.75. The van der Waals surface area contributed by atoms with Crippen LogP contribution in [0.1, 0.15) is 13.8 Å². The van der Waals surface area contributed by atoms with E-state index in [9.17, 15) is 14.6 Å². The predicted molar refractivity (Wildman–Crippen MR) is 56.4 cm³/mol. The highest BCUT2D eigenvalue weighted by atomic mass is 31.2. The fourth-order valence-corrected chi connectivity index (χ4v) is 1.35. The van der Waals surface area contributed by atoms with E-state index < -0.39 is 7.52 Å². The second kappa shape index (κ2) is 6.23. The molecule has 0 aromatic rings. The van der Waals surface area contributed by atoms with Gasteiger partial charge in [-0.25, -0.2) is 0 Å². The highest BCUT2D eigenvalue weighted by molar-refractivity contribution is 7.55. The largest absolute Gasteiger partial charge is 0.778 e. The van der Waals surface area contributed by atoms with Crippen molar-refractivity contribution >= 4 is 13.5 Å². The van der Waals surface area contributed by atoms with Gasteiger partial charge in [-0.2, -0.15) is 0 Å². The van der Waals surface area contributed by atoms with Gasteiger partial charge in [-0.05, 0) is 7.05 Å². The van der Waals surface area contributed by atoms with Crippen LogP contribution in [-0.2, 0) is 18.6 Å². The Labute approximate surface area is 89.6 Å². The van der Waals surface area contributed by atoms with Gasteiger partial charge in [0, 0.05) is 19.5 Å². The van der Waals surface area contributed by atoms with E-state index in [4.69, 9.17) is 9.26 Å². The number of carbonyl (C=O) groups is 1. The van der Waals surface area contributed by atoms with Gasteiger partial charge in [0.25, 0.3) is 7.52 Å². The number of carbonyl (C=O) groups excluding carboxylic acids is 1. The predicted octanol–water partition coefficient (Wildman–Crippen LogP) is 1.45. The summed E-state index contributed by atoms with van der Waals surface area (Å²) in [7, 11) is -2.08. The maximum Gasteiger partial charge on any atom is 0.302 e. The Bertz CT molecular complexity index is 255. The van der Waals surface area contributed by atoms with Crippen molar-refractivity contribution < 1.29 is 18.6 Å². The first-order valence-electron chi connectivity index (χ1n) is 4.52. The highest BCUT2D eigenvalue weighted by Gasteiger charge is 2.17. The molecule has 0 aliphatic rings. The van der Waals surface area contributed by atoms with Crippen LogP contribution in [0.25, 0.3) is 0 Å². The summed E-state index contributed by atoms with van der Waals surface area (Å²) >= 11 is 0. The number of esters is 1. The zero-order valence-electron chi connectivity index (χ0n) is 9.43. The average molecular weight is 238 g/mol. The van der Waals surface area contributed by atoms with Crippen LogP contribution in [-0.4, -0.2) is 37.7 Å². The van der Waals surface area contributed by atoms with Crippen molar-refractivity contribution in [2.75, 3.05) is 26.9 Å². The normalized spacial score (nSPS) is 17.2. The zero-order chi connectivity index (χ0) is 12.1. The summed E-state index contributed by atoms with van der Waals surface area (Å²) in [6, 6.07) is 0. The third kappa shape index (κ3) is 6.62. The van der Waals surface area contributed by atoms with Gasteiger partial charge in [0.1, 0.15) is 0 Å². The first-order valence-corrected chi connectivity index (χ1v) is 6.55. The van der Waals surface area contributed by atoms with Crippen molar-refractivity contribution in [2.45, 2.75) is 13.8 Å². The Kier molecular flexibility index (Phi) is 6.05. The summed E-state index contributed by atoms with van der Waals surface area (Å²) in [6.45, 7) is 4.64. The molecular formula is C8H17NO5P-. The molecule has 6 nitrogen and oxygen atoms in total. The maximum atomic E-state index is 11.4. The SMILES string of the molecule is CC(=O)OCC(C)COP(C)(=O)N(C)[O-]. The van der Waals surface area contributed by atoms with Crippen molar-refractivity contribution in [2.24, 2.45) is 5.92 Å². The third-order valence-electron chi connectivity index (χ3n) is 1.68. The Morgan fingerprint density at radius 1 is 1.53 bits per heavy atom. The van der Waals surface area contributed by atoms with Gasteiger partial charge in [-0.1, -0.05) is 6.92 Å². The highest BCUT2D eigenvalue weighted by Crippen LogP contribution is 2.45. The lowest BCUT2D eigenvalue weighted by molar-refractivity contribution is -0.142. The van der Waals surface area contributed by atoms with E-state index in [0.29, 0.717) is 4.83 Å². The standard InChI is InChI=1S/C8H17NO5P/c1-7(5-13-8(2)10)6-14-15(4,12)9(3)11/h7H,5-6H2,1-4H3/q-1. The molecule has 7 heteroatoms. The molecule has 0 amide bonds. The summed E-state index contributed by atoms with van der Waals surface area (Å²) in [4.78, 5) is 10.8. The Hall–Kier alpha value is -0.420. The molecule has 0 saturated carbocycles. The van der Waals surface area contributed by atoms with E-state index in [1.807, 2.05) is 0 Å². The molecule has 0 N–H and O–H groups in total.